The standard InChI is InChI=1S/C16H19N3O5S2/c1-26(21,22)19-4-2-3-10(9-19)15(20)18-16-17-11-7-12-13(8-14(11)25-16)24-6-5-23-12/h7-8,10H,2-6,9H2,1H3,(H,17,18,20)/t10-/m0/s1. The molecule has 8 nitrogen and oxygen atoms in total. The Hall–Kier alpha value is -1.91. The average molecular weight is 397 g/mol. The number of benzene rings is 1. The molecule has 2 aliphatic heterocycles. The van der Waals surface area contributed by atoms with Crippen molar-refractivity contribution >= 4 is 42.6 Å². The third-order valence-electron chi connectivity index (χ3n) is 4.51. The Kier molecular flexibility index (Phi) is 4.49. The maximum Gasteiger partial charge on any atom is 0.230 e. The van der Waals surface area contributed by atoms with Gasteiger partial charge in [-0.25, -0.2) is 17.7 Å². The third-order valence-corrected chi connectivity index (χ3v) is 6.71. The molecule has 1 fully saturated rings. The summed E-state index contributed by atoms with van der Waals surface area (Å²) in [6, 6.07) is 3.67. The molecule has 2 aromatic rings. The van der Waals surface area contributed by atoms with Crippen molar-refractivity contribution in [3.8, 4) is 11.5 Å². The van der Waals surface area contributed by atoms with E-state index in [-0.39, 0.29) is 18.4 Å². The first-order valence-electron chi connectivity index (χ1n) is 8.36. The number of piperidine rings is 1. The number of fused-ring (bicyclic) bond motifs is 2. The van der Waals surface area contributed by atoms with Crippen LogP contribution in [0, 0.1) is 5.92 Å². The summed E-state index contributed by atoms with van der Waals surface area (Å²) in [5.74, 6) is 0.768. The number of amides is 1. The van der Waals surface area contributed by atoms with Gasteiger partial charge in [-0.3, -0.25) is 4.79 Å². The number of anilines is 1. The van der Waals surface area contributed by atoms with Gasteiger partial charge < -0.3 is 14.8 Å². The first kappa shape index (κ1) is 17.5. The van der Waals surface area contributed by atoms with Crippen molar-refractivity contribution in [1.29, 1.82) is 0 Å². The minimum atomic E-state index is -3.28. The minimum Gasteiger partial charge on any atom is -0.486 e. The molecule has 1 aromatic carbocycles. The second kappa shape index (κ2) is 6.67. The van der Waals surface area contributed by atoms with E-state index >= 15 is 0 Å². The summed E-state index contributed by atoms with van der Waals surface area (Å²) in [5.41, 5.74) is 0.732. The van der Waals surface area contributed by atoms with E-state index in [4.69, 9.17) is 9.47 Å². The molecule has 0 radical (unpaired) electrons. The molecule has 0 spiro atoms. The average Bonchev–Trinajstić information content (AvgIpc) is 3.00. The lowest BCUT2D eigenvalue weighted by Crippen LogP contribution is -2.43. The van der Waals surface area contributed by atoms with Gasteiger partial charge in [-0.2, -0.15) is 0 Å². The van der Waals surface area contributed by atoms with E-state index in [0.717, 1.165) is 10.2 Å². The van der Waals surface area contributed by atoms with Gasteiger partial charge in [0.15, 0.2) is 16.6 Å². The highest BCUT2D eigenvalue weighted by molar-refractivity contribution is 7.88. The van der Waals surface area contributed by atoms with E-state index in [1.165, 1.54) is 21.9 Å². The van der Waals surface area contributed by atoms with E-state index in [2.05, 4.69) is 10.3 Å². The van der Waals surface area contributed by atoms with Gasteiger partial charge in [0.05, 0.1) is 22.4 Å². The van der Waals surface area contributed by atoms with Crippen LogP contribution in [0.2, 0.25) is 0 Å². The number of carbonyl (C=O) groups excluding carboxylic acids is 1. The number of hydrogen-bond donors (Lipinski definition) is 1. The summed E-state index contributed by atoms with van der Waals surface area (Å²) in [7, 11) is -3.28. The Balaban J connectivity index is 1.50. The molecular formula is C16H19N3O5S2. The number of aromatic nitrogens is 1. The first-order chi connectivity index (χ1) is 12.4. The number of nitrogens with one attached hydrogen (secondary N) is 1. The highest BCUT2D eigenvalue weighted by atomic mass is 32.2. The van der Waals surface area contributed by atoms with Crippen molar-refractivity contribution in [3.05, 3.63) is 12.1 Å². The van der Waals surface area contributed by atoms with Crippen LogP contribution in [0.15, 0.2) is 12.1 Å². The quantitative estimate of drug-likeness (QED) is 0.846. The van der Waals surface area contributed by atoms with Crippen LogP contribution in [0.5, 0.6) is 11.5 Å². The maximum absolute atomic E-state index is 12.6. The zero-order valence-corrected chi connectivity index (χ0v) is 15.9. The lowest BCUT2D eigenvalue weighted by molar-refractivity contribution is -0.120. The van der Waals surface area contributed by atoms with Gasteiger partial charge in [0, 0.05) is 25.2 Å². The summed E-state index contributed by atoms with van der Waals surface area (Å²) in [4.78, 5) is 17.0. The number of rotatable bonds is 3. The van der Waals surface area contributed by atoms with Gasteiger partial charge in [-0.05, 0) is 12.8 Å². The van der Waals surface area contributed by atoms with Crippen molar-refractivity contribution in [3.63, 3.8) is 0 Å². The monoisotopic (exact) mass is 397 g/mol. The Morgan fingerprint density at radius 1 is 1.31 bits per heavy atom. The molecule has 1 N–H and O–H groups in total. The van der Waals surface area contributed by atoms with E-state index in [1.54, 1.807) is 0 Å². The molecule has 2 aliphatic rings. The number of carbonyl (C=O) groups is 1. The van der Waals surface area contributed by atoms with Gasteiger partial charge in [-0.15, -0.1) is 0 Å². The fraction of sp³-hybridized carbons (Fsp3) is 0.500. The fourth-order valence-corrected chi connectivity index (χ4v) is 4.97. The van der Waals surface area contributed by atoms with Gasteiger partial charge in [0.1, 0.15) is 13.2 Å². The summed E-state index contributed by atoms with van der Waals surface area (Å²) in [5, 5.41) is 3.32. The lowest BCUT2D eigenvalue weighted by atomic mass is 9.99. The molecule has 1 aromatic heterocycles. The van der Waals surface area contributed by atoms with Gasteiger partial charge in [0.25, 0.3) is 0 Å². The fourth-order valence-electron chi connectivity index (χ4n) is 3.18. The second-order valence-corrected chi connectivity index (χ2v) is 9.45. The summed E-state index contributed by atoms with van der Waals surface area (Å²) in [6.45, 7) is 1.70. The van der Waals surface area contributed by atoms with E-state index in [9.17, 15) is 13.2 Å². The molecular weight excluding hydrogens is 378 g/mol. The van der Waals surface area contributed by atoms with Crippen LogP contribution in [-0.2, 0) is 14.8 Å². The molecule has 1 saturated heterocycles. The highest BCUT2D eigenvalue weighted by Gasteiger charge is 2.30. The zero-order valence-electron chi connectivity index (χ0n) is 14.2. The maximum atomic E-state index is 12.6. The molecule has 0 aliphatic carbocycles. The van der Waals surface area contributed by atoms with Crippen molar-refractivity contribution in [2.45, 2.75) is 12.8 Å². The van der Waals surface area contributed by atoms with Crippen LogP contribution in [0.4, 0.5) is 5.13 Å². The lowest BCUT2D eigenvalue weighted by Gasteiger charge is -2.29. The largest absolute Gasteiger partial charge is 0.486 e. The van der Waals surface area contributed by atoms with Crippen molar-refractivity contribution in [1.82, 2.24) is 9.29 Å². The predicted molar refractivity (Wildman–Crippen MR) is 98.4 cm³/mol. The molecule has 10 heteroatoms. The van der Waals surface area contributed by atoms with Gasteiger partial charge >= 0.3 is 0 Å². The van der Waals surface area contributed by atoms with Crippen LogP contribution in [0.3, 0.4) is 0 Å². The first-order valence-corrected chi connectivity index (χ1v) is 11.0. The third kappa shape index (κ3) is 3.49. The number of thiazole rings is 1. The summed E-state index contributed by atoms with van der Waals surface area (Å²) >= 11 is 1.36. The highest BCUT2D eigenvalue weighted by Crippen LogP contribution is 2.38. The summed E-state index contributed by atoms with van der Waals surface area (Å²) < 4.78 is 36.8. The minimum absolute atomic E-state index is 0.199. The van der Waals surface area contributed by atoms with Crippen molar-refractivity contribution in [2.24, 2.45) is 5.92 Å². The van der Waals surface area contributed by atoms with Gasteiger partial charge in [0.2, 0.25) is 15.9 Å². The number of sulfonamides is 1. The normalized spacial score (nSPS) is 20.9. The van der Waals surface area contributed by atoms with Crippen LogP contribution >= 0.6 is 11.3 Å². The van der Waals surface area contributed by atoms with Gasteiger partial charge in [-0.1, -0.05) is 11.3 Å². The Bertz CT molecular complexity index is 913. The number of ether oxygens (including phenoxy) is 2. The SMILES string of the molecule is CS(=O)(=O)N1CCC[C@H](C(=O)Nc2nc3cc4c(cc3s2)OCCO4)C1. The Labute approximate surface area is 155 Å². The molecule has 26 heavy (non-hydrogen) atoms. The molecule has 0 saturated carbocycles. The molecule has 4 rings (SSSR count). The smallest absolute Gasteiger partial charge is 0.230 e. The topological polar surface area (TPSA) is 97.8 Å². The molecule has 140 valence electrons. The number of nitrogens with zero attached hydrogens (tertiary/aromatic N) is 2. The van der Waals surface area contributed by atoms with Crippen molar-refractivity contribution < 1.29 is 22.7 Å². The Morgan fingerprint density at radius 2 is 2.04 bits per heavy atom. The van der Waals surface area contributed by atoms with Crippen LogP contribution in [0.1, 0.15) is 12.8 Å². The van der Waals surface area contributed by atoms with Crippen LogP contribution in [-0.4, -0.2) is 56.2 Å². The molecule has 0 bridgehead atoms. The van der Waals surface area contributed by atoms with E-state index < -0.39 is 10.0 Å². The predicted octanol–water partition coefficient (Wildman–Crippen LogP) is 1.68. The molecule has 3 heterocycles. The van der Waals surface area contributed by atoms with E-state index in [1.807, 2.05) is 12.1 Å². The molecule has 0 unspecified atom stereocenters. The summed E-state index contributed by atoms with van der Waals surface area (Å²) in [6.07, 6.45) is 2.51. The van der Waals surface area contributed by atoms with Crippen LogP contribution in [0.25, 0.3) is 10.2 Å². The van der Waals surface area contributed by atoms with Crippen molar-refractivity contribution in [2.75, 3.05) is 37.9 Å². The second-order valence-electron chi connectivity index (χ2n) is 6.43. The van der Waals surface area contributed by atoms with Crippen LogP contribution < -0.4 is 14.8 Å². The molecule has 1 atom stereocenters. The zero-order chi connectivity index (χ0) is 18.3. The number of hydrogen-bond acceptors (Lipinski definition) is 7. The van der Waals surface area contributed by atoms with E-state index in [0.29, 0.717) is 49.2 Å². The molecule has 1 amide bonds. The Morgan fingerprint density at radius 3 is 2.77 bits per heavy atom.